The van der Waals surface area contributed by atoms with Gasteiger partial charge in [-0.05, 0) is 44.4 Å². The first-order valence-electron chi connectivity index (χ1n) is 14.1. The predicted molar refractivity (Wildman–Crippen MR) is 155 cm³/mol. The summed E-state index contributed by atoms with van der Waals surface area (Å²) in [7, 11) is 3.79. The number of likely N-dealkylation sites (N-methyl/N-ethyl adjacent to an activating group) is 1. The number of ether oxygens (including phenoxy) is 1. The number of allylic oxidation sites excluding steroid dienone is 2. The minimum atomic E-state index is -1.14. The molecule has 2 atom stereocenters. The van der Waals surface area contributed by atoms with Gasteiger partial charge in [-0.15, -0.1) is 0 Å². The summed E-state index contributed by atoms with van der Waals surface area (Å²) in [6.45, 7) is 4.55. The third-order valence-corrected chi connectivity index (χ3v) is 9.08. The Morgan fingerprint density at radius 3 is 2.40 bits per heavy atom. The van der Waals surface area contributed by atoms with Crippen LogP contribution in [0.1, 0.15) is 43.0 Å². The molecular formula is C30H38N8O2. The van der Waals surface area contributed by atoms with E-state index in [-0.39, 0.29) is 6.04 Å². The van der Waals surface area contributed by atoms with Crippen molar-refractivity contribution < 1.29 is 9.53 Å². The molecule has 6 rings (SSSR count). The van der Waals surface area contributed by atoms with Crippen molar-refractivity contribution >= 4 is 28.3 Å². The fourth-order valence-corrected chi connectivity index (χ4v) is 6.72. The summed E-state index contributed by atoms with van der Waals surface area (Å²) in [6, 6.07) is 10.3. The number of nitrogen functional groups attached to an aromatic ring is 1. The molecule has 2 fully saturated rings. The number of nitrogens with zero attached hydrogens (tertiary/aromatic N) is 6. The molecular weight excluding hydrogens is 504 g/mol. The molecule has 0 radical (unpaired) electrons. The number of benzene rings is 1. The molecule has 1 saturated carbocycles. The van der Waals surface area contributed by atoms with Crippen LogP contribution in [0, 0.1) is 0 Å². The van der Waals surface area contributed by atoms with E-state index in [2.05, 4.69) is 26.8 Å². The second-order valence-corrected chi connectivity index (χ2v) is 11.3. The zero-order valence-electron chi connectivity index (χ0n) is 23.2. The Labute approximate surface area is 234 Å². The largest absolute Gasteiger partial charge is 0.383 e. The van der Waals surface area contributed by atoms with Gasteiger partial charge in [0.1, 0.15) is 23.3 Å². The summed E-state index contributed by atoms with van der Waals surface area (Å²) in [5, 5.41) is 5.82. The molecule has 1 aliphatic heterocycles. The van der Waals surface area contributed by atoms with Crippen molar-refractivity contribution in [3.8, 4) is 0 Å². The Balaban J connectivity index is 1.32. The lowest BCUT2D eigenvalue weighted by Gasteiger charge is -2.41. The van der Waals surface area contributed by atoms with Crippen LogP contribution in [0.25, 0.3) is 16.6 Å². The minimum Gasteiger partial charge on any atom is -0.383 e. The Morgan fingerprint density at radius 1 is 1.02 bits per heavy atom. The third-order valence-electron chi connectivity index (χ3n) is 9.08. The molecule has 1 aromatic carbocycles. The summed E-state index contributed by atoms with van der Waals surface area (Å²) in [5.41, 5.74) is 14.3. The average molecular weight is 543 g/mol. The van der Waals surface area contributed by atoms with E-state index in [1.165, 1.54) is 6.33 Å². The number of aromatic nitrogens is 4. The Kier molecular flexibility index (Phi) is 7.16. The highest BCUT2D eigenvalue weighted by Gasteiger charge is 2.45. The summed E-state index contributed by atoms with van der Waals surface area (Å²) >= 11 is 0. The second-order valence-electron chi connectivity index (χ2n) is 11.3. The zero-order chi connectivity index (χ0) is 27.9. The van der Waals surface area contributed by atoms with Crippen molar-refractivity contribution in [2.24, 2.45) is 5.73 Å². The molecule has 0 bridgehead atoms. The molecule has 3 aliphatic rings. The van der Waals surface area contributed by atoms with Crippen molar-refractivity contribution in [1.29, 1.82) is 0 Å². The third kappa shape index (κ3) is 4.49. The number of hydrogen-bond acceptors (Lipinski definition) is 8. The second kappa shape index (κ2) is 10.8. The summed E-state index contributed by atoms with van der Waals surface area (Å²) in [6.07, 6.45) is 10.9. The number of hydrogen-bond donors (Lipinski definition) is 2. The van der Waals surface area contributed by atoms with Gasteiger partial charge in [-0.2, -0.15) is 5.10 Å². The molecule has 40 heavy (non-hydrogen) atoms. The molecule has 10 nitrogen and oxygen atoms in total. The normalized spacial score (nSPS) is 28.1. The van der Waals surface area contributed by atoms with Crippen LogP contribution in [-0.4, -0.2) is 87.9 Å². The van der Waals surface area contributed by atoms with Crippen LogP contribution >= 0.6 is 0 Å². The van der Waals surface area contributed by atoms with Gasteiger partial charge in [-0.25, -0.2) is 14.6 Å². The van der Waals surface area contributed by atoms with Crippen molar-refractivity contribution in [1.82, 2.24) is 29.5 Å². The van der Waals surface area contributed by atoms with E-state index in [9.17, 15) is 4.79 Å². The van der Waals surface area contributed by atoms with Crippen molar-refractivity contribution in [2.45, 2.75) is 49.3 Å². The van der Waals surface area contributed by atoms with E-state index in [1.54, 1.807) is 7.11 Å². The van der Waals surface area contributed by atoms with E-state index >= 15 is 0 Å². The van der Waals surface area contributed by atoms with Crippen molar-refractivity contribution in [3.05, 3.63) is 66.1 Å². The average Bonchev–Trinajstić information content (AvgIpc) is 3.38. The molecule has 210 valence electrons. The van der Waals surface area contributed by atoms with Gasteiger partial charge in [0, 0.05) is 44.9 Å². The predicted octanol–water partition coefficient (Wildman–Crippen LogP) is 2.53. The summed E-state index contributed by atoms with van der Waals surface area (Å²) in [4.78, 5) is 26.9. The molecule has 10 heteroatoms. The van der Waals surface area contributed by atoms with Crippen molar-refractivity contribution in [2.75, 3.05) is 46.1 Å². The highest BCUT2D eigenvalue weighted by molar-refractivity contribution is 6.00. The zero-order valence-corrected chi connectivity index (χ0v) is 23.2. The Morgan fingerprint density at radius 2 is 1.73 bits per heavy atom. The van der Waals surface area contributed by atoms with E-state index in [0.717, 1.165) is 74.0 Å². The molecule has 4 N–H and O–H groups in total. The summed E-state index contributed by atoms with van der Waals surface area (Å²) in [5.74, 6) is -0.0946. The number of anilines is 1. The van der Waals surface area contributed by atoms with Gasteiger partial charge >= 0.3 is 0 Å². The maximum Gasteiger partial charge on any atom is 0.234 e. The molecule has 2 unspecified atom stereocenters. The van der Waals surface area contributed by atoms with Gasteiger partial charge in [0.05, 0.1) is 17.5 Å². The number of nitrogens with two attached hydrogens (primary N) is 2. The number of fused-ring (bicyclic) bond motifs is 1. The number of methoxy groups -OCH3 is 1. The van der Waals surface area contributed by atoms with Crippen LogP contribution in [0.2, 0.25) is 0 Å². The van der Waals surface area contributed by atoms with E-state index in [0.29, 0.717) is 17.6 Å². The first-order valence-corrected chi connectivity index (χ1v) is 14.1. The quantitative estimate of drug-likeness (QED) is 0.486. The maximum atomic E-state index is 12.9. The molecule has 3 aromatic rings. The summed E-state index contributed by atoms with van der Waals surface area (Å²) < 4.78 is 7.93. The molecule has 3 heterocycles. The molecule has 0 spiro atoms. The standard InChI is InChI=1S/C30H38N8O2/c1-36-14-16-37(17-15-36)22-8-10-23(11-9-22)38-28-25(27(31)33-19-34-28)26(35-38)20-12-13-30(29(32)39,24(18-20)40-2)21-6-4-3-5-7-21/h3-7,12-13,18-19,22-24H,8-11,14-17H2,1-2H3,(H2,32,39)(H2,31,33,34). The van der Waals surface area contributed by atoms with E-state index in [1.807, 2.05) is 53.2 Å². The highest BCUT2D eigenvalue weighted by Crippen LogP contribution is 2.41. The fourth-order valence-electron chi connectivity index (χ4n) is 6.72. The number of amides is 1. The van der Waals surface area contributed by atoms with Crippen LogP contribution in [-0.2, 0) is 14.9 Å². The topological polar surface area (TPSA) is 128 Å². The SMILES string of the molecule is COC1C=C(c2nn(C3CCC(N4CCN(C)CC4)CC3)c3ncnc(N)c23)C=CC1(C(N)=O)c1ccccc1. The van der Waals surface area contributed by atoms with Crippen LogP contribution in [0.4, 0.5) is 5.82 Å². The molecule has 1 saturated heterocycles. The Bertz CT molecular complexity index is 1430. The van der Waals surface area contributed by atoms with E-state index < -0.39 is 17.4 Å². The molecule has 1 amide bonds. The molecule has 2 aromatic heterocycles. The van der Waals surface area contributed by atoms with E-state index in [4.69, 9.17) is 21.3 Å². The number of rotatable bonds is 6. The Hall–Kier alpha value is -3.60. The van der Waals surface area contributed by atoms with Gasteiger partial charge in [-0.1, -0.05) is 42.5 Å². The maximum absolute atomic E-state index is 12.9. The first kappa shape index (κ1) is 26.6. The van der Waals surface area contributed by atoms with Crippen LogP contribution in [0.15, 0.2) is 54.9 Å². The van der Waals surface area contributed by atoms with Gasteiger partial charge in [0.15, 0.2) is 5.65 Å². The van der Waals surface area contributed by atoms with Crippen LogP contribution in [0.3, 0.4) is 0 Å². The van der Waals surface area contributed by atoms with Gasteiger partial charge in [-0.3, -0.25) is 9.69 Å². The van der Waals surface area contributed by atoms with Gasteiger partial charge in [0.2, 0.25) is 5.91 Å². The monoisotopic (exact) mass is 542 g/mol. The van der Waals surface area contributed by atoms with Gasteiger partial charge < -0.3 is 21.1 Å². The van der Waals surface area contributed by atoms with Crippen LogP contribution < -0.4 is 11.5 Å². The smallest absolute Gasteiger partial charge is 0.234 e. The number of carbonyl (C=O) groups excluding carboxylic acids is 1. The highest BCUT2D eigenvalue weighted by atomic mass is 16.5. The minimum absolute atomic E-state index is 0.231. The lowest BCUT2D eigenvalue weighted by atomic mass is 9.71. The lowest BCUT2D eigenvalue weighted by molar-refractivity contribution is -0.125. The van der Waals surface area contributed by atoms with Crippen LogP contribution in [0.5, 0.6) is 0 Å². The van der Waals surface area contributed by atoms with Crippen molar-refractivity contribution in [3.63, 3.8) is 0 Å². The number of primary amides is 1. The first-order chi connectivity index (χ1) is 19.4. The fraction of sp³-hybridized carbons (Fsp3) is 0.467. The van der Waals surface area contributed by atoms with Gasteiger partial charge in [0.25, 0.3) is 0 Å². The molecule has 2 aliphatic carbocycles. The lowest BCUT2D eigenvalue weighted by Crippen LogP contribution is -2.50. The number of piperazine rings is 1. The number of carbonyl (C=O) groups is 1.